The van der Waals surface area contributed by atoms with Gasteiger partial charge in [0, 0.05) is 23.7 Å². The smallest absolute Gasteiger partial charge is 0.251 e. The monoisotopic (exact) mass is 398 g/mol. The molecule has 1 heterocycles. The first-order valence-corrected chi connectivity index (χ1v) is 9.65. The van der Waals surface area contributed by atoms with Crippen molar-refractivity contribution in [3.8, 4) is 22.6 Å². The molecule has 1 amide bonds. The van der Waals surface area contributed by atoms with Crippen molar-refractivity contribution in [3.05, 3.63) is 89.6 Å². The number of fused-ring (bicyclic) bond motifs is 1. The third kappa shape index (κ3) is 3.96. The third-order valence-electron chi connectivity index (χ3n) is 5.14. The van der Waals surface area contributed by atoms with Crippen molar-refractivity contribution in [1.82, 2.24) is 10.3 Å². The molecule has 0 saturated carbocycles. The van der Waals surface area contributed by atoms with E-state index in [-0.39, 0.29) is 11.7 Å². The Labute approximate surface area is 175 Å². The molecule has 5 nitrogen and oxygen atoms in total. The fourth-order valence-electron chi connectivity index (χ4n) is 3.42. The summed E-state index contributed by atoms with van der Waals surface area (Å²) in [5.41, 5.74) is 4.88. The first-order valence-electron chi connectivity index (χ1n) is 9.65. The topological polar surface area (TPSA) is 71.5 Å². The standard InChI is InChI=1S/C25H22N2O3/c1-16-8-9-22(30-2)13-21(16)15-27-25(29)19-6-3-5-17(11-19)20-12-18-7-4-10-26-24(18)23(28)14-20/h3-14,28H,15H2,1-2H3,(H,27,29). The highest BCUT2D eigenvalue weighted by Crippen LogP contribution is 2.30. The highest BCUT2D eigenvalue weighted by molar-refractivity contribution is 5.96. The number of aromatic nitrogens is 1. The number of carbonyl (C=O) groups excluding carboxylic acids is 1. The minimum Gasteiger partial charge on any atom is -0.506 e. The lowest BCUT2D eigenvalue weighted by Crippen LogP contribution is -2.23. The first kappa shape index (κ1) is 19.5. The number of carbonyl (C=O) groups is 1. The zero-order valence-corrected chi connectivity index (χ0v) is 16.8. The number of nitrogens with zero attached hydrogens (tertiary/aromatic N) is 1. The van der Waals surface area contributed by atoms with Gasteiger partial charge in [0.15, 0.2) is 0 Å². The zero-order valence-electron chi connectivity index (χ0n) is 16.8. The van der Waals surface area contributed by atoms with E-state index in [4.69, 9.17) is 4.74 Å². The van der Waals surface area contributed by atoms with Crippen molar-refractivity contribution in [2.75, 3.05) is 7.11 Å². The molecule has 4 aromatic rings. The van der Waals surface area contributed by atoms with E-state index in [2.05, 4.69) is 10.3 Å². The molecule has 3 aromatic carbocycles. The largest absolute Gasteiger partial charge is 0.506 e. The molecule has 0 radical (unpaired) electrons. The molecule has 150 valence electrons. The van der Waals surface area contributed by atoms with Crippen LogP contribution in [0.5, 0.6) is 11.5 Å². The Bertz CT molecular complexity index is 1230. The molecule has 0 atom stereocenters. The van der Waals surface area contributed by atoms with E-state index in [1.54, 1.807) is 25.4 Å². The normalized spacial score (nSPS) is 10.7. The van der Waals surface area contributed by atoms with E-state index >= 15 is 0 Å². The number of aromatic hydroxyl groups is 1. The van der Waals surface area contributed by atoms with Gasteiger partial charge in [-0.05, 0) is 71.6 Å². The van der Waals surface area contributed by atoms with E-state index in [1.807, 2.05) is 61.5 Å². The molecule has 2 N–H and O–H groups in total. The zero-order chi connectivity index (χ0) is 21.1. The molecule has 1 aromatic heterocycles. The van der Waals surface area contributed by atoms with Crippen molar-refractivity contribution in [2.45, 2.75) is 13.5 Å². The summed E-state index contributed by atoms with van der Waals surface area (Å²) in [6, 6.07) is 20.5. The van der Waals surface area contributed by atoms with Gasteiger partial charge >= 0.3 is 0 Å². The van der Waals surface area contributed by atoms with E-state index in [0.29, 0.717) is 17.6 Å². The molecule has 0 aliphatic heterocycles. The lowest BCUT2D eigenvalue weighted by atomic mass is 10.0. The maximum atomic E-state index is 12.7. The molecule has 0 aliphatic rings. The van der Waals surface area contributed by atoms with Gasteiger partial charge < -0.3 is 15.2 Å². The van der Waals surface area contributed by atoms with Crippen LogP contribution >= 0.6 is 0 Å². The summed E-state index contributed by atoms with van der Waals surface area (Å²) in [7, 11) is 1.62. The molecular weight excluding hydrogens is 376 g/mol. The summed E-state index contributed by atoms with van der Waals surface area (Å²) in [6.45, 7) is 2.41. The number of hydrogen-bond donors (Lipinski definition) is 2. The number of nitrogens with one attached hydrogen (secondary N) is 1. The molecular formula is C25H22N2O3. The van der Waals surface area contributed by atoms with Crippen molar-refractivity contribution >= 4 is 16.8 Å². The number of amides is 1. The summed E-state index contributed by atoms with van der Waals surface area (Å²) in [4.78, 5) is 17.0. The van der Waals surface area contributed by atoms with Crippen LogP contribution in [0.3, 0.4) is 0 Å². The highest BCUT2D eigenvalue weighted by Gasteiger charge is 2.10. The van der Waals surface area contributed by atoms with Gasteiger partial charge in [-0.1, -0.05) is 24.3 Å². The van der Waals surface area contributed by atoms with Gasteiger partial charge in [0.25, 0.3) is 5.91 Å². The fraction of sp³-hybridized carbons (Fsp3) is 0.120. The number of phenols is 1. The summed E-state index contributed by atoms with van der Waals surface area (Å²) in [5.74, 6) is 0.717. The second kappa shape index (κ2) is 8.25. The summed E-state index contributed by atoms with van der Waals surface area (Å²) < 4.78 is 5.27. The Morgan fingerprint density at radius 2 is 1.90 bits per heavy atom. The van der Waals surface area contributed by atoms with Gasteiger partial charge in [-0.2, -0.15) is 0 Å². The van der Waals surface area contributed by atoms with E-state index in [0.717, 1.165) is 33.4 Å². The van der Waals surface area contributed by atoms with Crippen LogP contribution in [-0.2, 0) is 6.54 Å². The van der Waals surface area contributed by atoms with Crippen molar-refractivity contribution < 1.29 is 14.6 Å². The second-order valence-corrected chi connectivity index (χ2v) is 7.13. The maximum Gasteiger partial charge on any atom is 0.251 e. The van der Waals surface area contributed by atoms with Crippen LogP contribution in [0.2, 0.25) is 0 Å². The Morgan fingerprint density at radius 3 is 2.73 bits per heavy atom. The minimum atomic E-state index is -0.161. The van der Waals surface area contributed by atoms with E-state index in [9.17, 15) is 9.90 Å². The number of ether oxygens (including phenoxy) is 1. The van der Waals surface area contributed by atoms with Crippen molar-refractivity contribution in [3.63, 3.8) is 0 Å². The lowest BCUT2D eigenvalue weighted by Gasteiger charge is -2.11. The van der Waals surface area contributed by atoms with Gasteiger partial charge in [-0.25, -0.2) is 0 Å². The molecule has 30 heavy (non-hydrogen) atoms. The van der Waals surface area contributed by atoms with Gasteiger partial charge in [-0.15, -0.1) is 0 Å². The number of rotatable bonds is 5. The van der Waals surface area contributed by atoms with Crippen LogP contribution in [-0.4, -0.2) is 23.1 Å². The molecule has 0 fully saturated rings. The van der Waals surface area contributed by atoms with Gasteiger partial charge in [0.2, 0.25) is 0 Å². The Kier molecular flexibility index (Phi) is 5.35. The molecule has 0 unspecified atom stereocenters. The van der Waals surface area contributed by atoms with Crippen LogP contribution in [0.15, 0.2) is 72.9 Å². The van der Waals surface area contributed by atoms with Gasteiger partial charge in [-0.3, -0.25) is 9.78 Å². The summed E-state index contributed by atoms with van der Waals surface area (Å²) in [5, 5.41) is 14.1. The molecule has 4 rings (SSSR count). The number of pyridine rings is 1. The van der Waals surface area contributed by atoms with Gasteiger partial charge in [0.05, 0.1) is 7.11 Å². The number of phenolic OH excluding ortho intramolecular Hbond substituents is 1. The third-order valence-corrected chi connectivity index (χ3v) is 5.14. The number of methoxy groups -OCH3 is 1. The number of aryl methyl sites for hydroxylation is 1. The SMILES string of the molecule is COc1ccc(C)c(CNC(=O)c2cccc(-c3cc(O)c4ncccc4c3)c2)c1. The predicted molar refractivity (Wildman–Crippen MR) is 118 cm³/mol. The van der Waals surface area contributed by atoms with Crippen LogP contribution in [0.25, 0.3) is 22.0 Å². The van der Waals surface area contributed by atoms with Crippen LogP contribution in [0.1, 0.15) is 21.5 Å². The van der Waals surface area contributed by atoms with E-state index in [1.165, 1.54) is 0 Å². The second-order valence-electron chi connectivity index (χ2n) is 7.13. The summed E-state index contributed by atoms with van der Waals surface area (Å²) in [6.07, 6.45) is 1.65. The molecule has 0 bridgehead atoms. The Hall–Kier alpha value is -3.86. The van der Waals surface area contributed by atoms with E-state index < -0.39 is 0 Å². The Morgan fingerprint density at radius 1 is 1.03 bits per heavy atom. The lowest BCUT2D eigenvalue weighted by molar-refractivity contribution is 0.0951. The van der Waals surface area contributed by atoms with Crippen LogP contribution in [0, 0.1) is 6.92 Å². The Balaban J connectivity index is 1.57. The number of benzene rings is 3. The minimum absolute atomic E-state index is 0.117. The average Bonchev–Trinajstić information content (AvgIpc) is 2.78. The van der Waals surface area contributed by atoms with Crippen molar-refractivity contribution in [2.24, 2.45) is 0 Å². The highest BCUT2D eigenvalue weighted by atomic mass is 16.5. The first-order chi connectivity index (χ1) is 14.5. The fourth-order valence-corrected chi connectivity index (χ4v) is 3.42. The molecule has 0 saturated heterocycles. The molecule has 5 heteroatoms. The van der Waals surface area contributed by atoms with Gasteiger partial charge in [0.1, 0.15) is 17.0 Å². The average molecular weight is 398 g/mol. The maximum absolute atomic E-state index is 12.7. The predicted octanol–water partition coefficient (Wildman–Crippen LogP) is 4.85. The van der Waals surface area contributed by atoms with Crippen LogP contribution in [0.4, 0.5) is 0 Å². The van der Waals surface area contributed by atoms with Crippen molar-refractivity contribution in [1.29, 1.82) is 0 Å². The quantitative estimate of drug-likeness (QED) is 0.504. The molecule has 0 aliphatic carbocycles. The molecule has 0 spiro atoms. The van der Waals surface area contributed by atoms with Crippen LogP contribution < -0.4 is 10.1 Å². The number of hydrogen-bond acceptors (Lipinski definition) is 4. The summed E-state index contributed by atoms with van der Waals surface area (Å²) >= 11 is 0.